The van der Waals surface area contributed by atoms with Crippen molar-refractivity contribution in [1.82, 2.24) is 10.3 Å². The highest BCUT2D eigenvalue weighted by Gasteiger charge is 2.16. The number of nitriles is 1. The van der Waals surface area contributed by atoms with E-state index in [1.807, 2.05) is 10.3 Å². The summed E-state index contributed by atoms with van der Waals surface area (Å²) in [5.74, 6) is -0.797. The number of hydrogen-bond donors (Lipinski definition) is 3. The molecule has 1 rings (SSSR count). The van der Waals surface area contributed by atoms with Crippen molar-refractivity contribution >= 4 is 27.4 Å². The lowest BCUT2D eigenvalue weighted by atomic mass is 10.2. The Labute approximate surface area is 102 Å². The zero-order valence-electron chi connectivity index (χ0n) is 8.27. The zero-order valence-corrected chi connectivity index (χ0v) is 9.90. The summed E-state index contributed by atoms with van der Waals surface area (Å²) in [5, 5.41) is 8.30. The average Bonchev–Trinajstić information content (AvgIpc) is 2.27. The molecule has 0 spiro atoms. The molecule has 0 atom stereocenters. The second-order valence-electron chi connectivity index (χ2n) is 2.85. The van der Waals surface area contributed by atoms with Crippen LogP contribution in [0, 0.1) is 17.1 Å². The van der Waals surface area contributed by atoms with Gasteiger partial charge in [0.25, 0.3) is 10.0 Å². The van der Waals surface area contributed by atoms with E-state index in [2.05, 4.69) is 12.2 Å². The smallest absolute Gasteiger partial charge is 0.257 e. The lowest BCUT2D eigenvalue weighted by molar-refractivity contribution is 0.576. The highest BCUT2D eigenvalue weighted by atomic mass is 32.2. The van der Waals surface area contributed by atoms with Crippen molar-refractivity contribution < 1.29 is 12.8 Å². The largest absolute Gasteiger partial charge is 0.375 e. The quantitative estimate of drug-likeness (QED) is 0.517. The molecule has 0 radical (unpaired) electrons. The van der Waals surface area contributed by atoms with Gasteiger partial charge in [-0.1, -0.05) is 0 Å². The summed E-state index contributed by atoms with van der Waals surface area (Å²) in [4.78, 5) is 1.59. The van der Waals surface area contributed by atoms with Crippen molar-refractivity contribution in [2.24, 2.45) is 5.73 Å². The van der Waals surface area contributed by atoms with Crippen LogP contribution >= 0.6 is 12.2 Å². The molecule has 0 saturated heterocycles. The summed E-state index contributed by atoms with van der Waals surface area (Å²) in [5.41, 5.74) is 6.70. The van der Waals surface area contributed by atoms with Crippen LogP contribution in [0.1, 0.15) is 5.56 Å². The number of hydrazine groups is 1. The Hall–Kier alpha value is -1.76. The summed E-state index contributed by atoms with van der Waals surface area (Å²) in [7, 11) is -3.95. The predicted octanol–water partition coefficient (Wildman–Crippen LogP) is -0.276. The van der Waals surface area contributed by atoms with E-state index in [1.165, 1.54) is 6.07 Å². The first-order chi connectivity index (χ1) is 7.86. The third-order valence-corrected chi connectivity index (χ3v) is 3.02. The van der Waals surface area contributed by atoms with Gasteiger partial charge in [0.05, 0.1) is 10.5 Å². The Balaban J connectivity index is 3.08. The minimum absolute atomic E-state index is 0.267. The standard InChI is InChI=1S/C8H7FN4O2S2/c9-7-2-1-6(3-5(7)4-10)17(14,15)13-12-8(11)16/h1-3,13H,(H3,11,12,16). The number of sulfonamides is 1. The average molecular weight is 274 g/mol. The molecule has 0 aliphatic heterocycles. The van der Waals surface area contributed by atoms with Gasteiger partial charge in [0.2, 0.25) is 0 Å². The molecule has 90 valence electrons. The molecular formula is C8H7FN4O2S2. The number of rotatable bonds is 3. The van der Waals surface area contributed by atoms with Crippen LogP contribution < -0.4 is 16.0 Å². The minimum Gasteiger partial charge on any atom is -0.375 e. The molecule has 0 fully saturated rings. The van der Waals surface area contributed by atoms with E-state index in [0.717, 1.165) is 18.2 Å². The number of benzene rings is 1. The van der Waals surface area contributed by atoms with Crippen molar-refractivity contribution in [3.05, 3.63) is 29.6 Å². The van der Waals surface area contributed by atoms with E-state index in [4.69, 9.17) is 11.0 Å². The molecule has 0 saturated carbocycles. The summed E-state index contributed by atoms with van der Waals surface area (Å²) in [6.07, 6.45) is 0. The molecule has 0 bridgehead atoms. The van der Waals surface area contributed by atoms with Gasteiger partial charge in [0, 0.05) is 0 Å². The third kappa shape index (κ3) is 3.35. The number of nitrogens with two attached hydrogens (primary N) is 1. The Morgan fingerprint density at radius 1 is 1.53 bits per heavy atom. The van der Waals surface area contributed by atoms with Crippen LogP contribution in [0.15, 0.2) is 23.1 Å². The molecule has 0 amide bonds. The van der Waals surface area contributed by atoms with Crippen molar-refractivity contribution in [1.29, 1.82) is 5.26 Å². The van der Waals surface area contributed by atoms with E-state index >= 15 is 0 Å². The number of nitrogens with one attached hydrogen (secondary N) is 2. The fourth-order valence-electron chi connectivity index (χ4n) is 0.934. The number of hydrogen-bond acceptors (Lipinski definition) is 4. The molecule has 6 nitrogen and oxygen atoms in total. The Bertz CT molecular complexity index is 594. The first-order valence-electron chi connectivity index (χ1n) is 4.14. The Kier molecular flexibility index (Phi) is 3.95. The second-order valence-corrected chi connectivity index (χ2v) is 4.97. The van der Waals surface area contributed by atoms with Gasteiger partial charge < -0.3 is 5.73 Å². The molecule has 0 unspecified atom stereocenters. The zero-order chi connectivity index (χ0) is 13.1. The molecule has 1 aromatic rings. The van der Waals surface area contributed by atoms with Crippen LogP contribution in [0.25, 0.3) is 0 Å². The minimum atomic E-state index is -3.95. The first-order valence-corrected chi connectivity index (χ1v) is 6.03. The fourth-order valence-corrected chi connectivity index (χ4v) is 1.93. The SMILES string of the molecule is N#Cc1cc(S(=O)(=O)NNC(N)=S)ccc1F. The summed E-state index contributed by atoms with van der Waals surface area (Å²) in [6.45, 7) is 0. The van der Waals surface area contributed by atoms with Gasteiger partial charge >= 0.3 is 0 Å². The fraction of sp³-hybridized carbons (Fsp3) is 0. The maximum absolute atomic E-state index is 13.0. The number of halogens is 1. The van der Waals surface area contributed by atoms with Crippen LogP contribution in [-0.4, -0.2) is 13.5 Å². The molecule has 0 aliphatic carbocycles. The topological polar surface area (TPSA) is 108 Å². The van der Waals surface area contributed by atoms with Crippen LogP contribution in [0.2, 0.25) is 0 Å². The predicted molar refractivity (Wildman–Crippen MR) is 61.4 cm³/mol. The van der Waals surface area contributed by atoms with Gasteiger partial charge in [0.15, 0.2) is 5.11 Å². The highest BCUT2D eigenvalue weighted by Crippen LogP contribution is 2.13. The first kappa shape index (κ1) is 13.3. The maximum atomic E-state index is 13.0. The molecule has 0 aromatic heterocycles. The summed E-state index contributed by atoms with van der Waals surface area (Å²) in [6, 6.07) is 4.33. The van der Waals surface area contributed by atoms with Gasteiger partial charge in [0.1, 0.15) is 11.9 Å². The van der Waals surface area contributed by atoms with E-state index < -0.39 is 15.8 Å². The van der Waals surface area contributed by atoms with Crippen LogP contribution in [0.4, 0.5) is 4.39 Å². The Morgan fingerprint density at radius 3 is 2.71 bits per heavy atom. The molecular weight excluding hydrogens is 267 g/mol. The van der Waals surface area contributed by atoms with Crippen LogP contribution in [-0.2, 0) is 10.0 Å². The van der Waals surface area contributed by atoms with E-state index in [9.17, 15) is 12.8 Å². The molecule has 4 N–H and O–H groups in total. The van der Waals surface area contributed by atoms with Crippen molar-refractivity contribution in [3.63, 3.8) is 0 Å². The van der Waals surface area contributed by atoms with Gasteiger partial charge in [-0.15, -0.1) is 4.83 Å². The van der Waals surface area contributed by atoms with Crippen LogP contribution in [0.3, 0.4) is 0 Å². The van der Waals surface area contributed by atoms with Crippen molar-refractivity contribution in [2.75, 3.05) is 0 Å². The maximum Gasteiger partial charge on any atom is 0.257 e. The number of thiocarbonyl (C=S) groups is 1. The molecule has 17 heavy (non-hydrogen) atoms. The molecule has 0 aliphatic rings. The van der Waals surface area contributed by atoms with E-state index in [0.29, 0.717) is 0 Å². The highest BCUT2D eigenvalue weighted by molar-refractivity contribution is 7.89. The second kappa shape index (κ2) is 5.05. The van der Waals surface area contributed by atoms with Gasteiger partial charge in [-0.2, -0.15) is 5.26 Å². The Morgan fingerprint density at radius 2 is 2.18 bits per heavy atom. The summed E-state index contributed by atoms with van der Waals surface area (Å²) >= 11 is 4.41. The molecule has 0 heterocycles. The van der Waals surface area contributed by atoms with Gasteiger partial charge in [-0.05, 0) is 30.4 Å². The normalized spacial score (nSPS) is 10.6. The molecule has 9 heteroatoms. The lowest BCUT2D eigenvalue weighted by Gasteiger charge is -2.07. The number of nitrogens with zero attached hydrogens (tertiary/aromatic N) is 1. The van der Waals surface area contributed by atoms with E-state index in [1.54, 1.807) is 0 Å². The van der Waals surface area contributed by atoms with Crippen molar-refractivity contribution in [3.8, 4) is 6.07 Å². The van der Waals surface area contributed by atoms with Crippen molar-refractivity contribution in [2.45, 2.75) is 4.90 Å². The third-order valence-electron chi connectivity index (χ3n) is 1.68. The monoisotopic (exact) mass is 274 g/mol. The van der Waals surface area contributed by atoms with Gasteiger partial charge in [-0.25, -0.2) is 12.8 Å². The van der Waals surface area contributed by atoms with Crippen LogP contribution in [0.5, 0.6) is 0 Å². The summed E-state index contributed by atoms with van der Waals surface area (Å²) < 4.78 is 36.2. The van der Waals surface area contributed by atoms with E-state index in [-0.39, 0.29) is 15.6 Å². The van der Waals surface area contributed by atoms with Gasteiger partial charge in [-0.3, -0.25) is 5.43 Å². The molecule has 1 aromatic carbocycles. The lowest BCUT2D eigenvalue weighted by Crippen LogP contribution is -2.44.